The van der Waals surface area contributed by atoms with Gasteiger partial charge in [0.15, 0.2) is 0 Å². The average molecular weight is 234 g/mol. The van der Waals surface area contributed by atoms with E-state index in [0.29, 0.717) is 0 Å². The summed E-state index contributed by atoms with van der Waals surface area (Å²) in [5.74, 6) is 0.00847. The van der Waals surface area contributed by atoms with Crippen LogP contribution in [0.2, 0.25) is 0 Å². The first-order chi connectivity index (χ1) is 8.24. The number of nitrogens with zero attached hydrogens (tertiary/aromatic N) is 2. The SMILES string of the molecule is CCCCC1(OC)N=c2cccc(OC)c2=N1. The molecule has 0 spiro atoms. The van der Waals surface area contributed by atoms with E-state index in [4.69, 9.17) is 9.47 Å². The fraction of sp³-hybridized carbons (Fsp3) is 0.538. The second-order valence-electron chi connectivity index (χ2n) is 4.10. The third-order valence-electron chi connectivity index (χ3n) is 2.96. The molecular weight excluding hydrogens is 216 g/mol. The van der Waals surface area contributed by atoms with Crippen molar-refractivity contribution in [3.63, 3.8) is 0 Å². The number of rotatable bonds is 5. The van der Waals surface area contributed by atoms with Crippen molar-refractivity contribution >= 4 is 0 Å². The van der Waals surface area contributed by atoms with Crippen LogP contribution in [0.5, 0.6) is 5.75 Å². The zero-order valence-electron chi connectivity index (χ0n) is 10.6. The molecule has 0 aliphatic carbocycles. The molecule has 0 radical (unpaired) electrons. The van der Waals surface area contributed by atoms with Crippen molar-refractivity contribution in [2.45, 2.75) is 32.0 Å². The fourth-order valence-corrected chi connectivity index (χ4v) is 1.98. The van der Waals surface area contributed by atoms with Crippen LogP contribution in [-0.4, -0.2) is 20.1 Å². The maximum atomic E-state index is 5.49. The molecule has 0 amide bonds. The number of para-hydroxylation sites is 1. The van der Waals surface area contributed by atoms with Crippen molar-refractivity contribution in [1.29, 1.82) is 0 Å². The van der Waals surface area contributed by atoms with E-state index in [1.165, 1.54) is 0 Å². The molecule has 1 aliphatic rings. The zero-order chi connectivity index (χ0) is 12.3. The Morgan fingerprint density at radius 1 is 1.24 bits per heavy atom. The summed E-state index contributed by atoms with van der Waals surface area (Å²) in [6.45, 7) is 2.14. The monoisotopic (exact) mass is 234 g/mol. The quantitative estimate of drug-likeness (QED) is 0.773. The van der Waals surface area contributed by atoms with Crippen LogP contribution in [0.25, 0.3) is 0 Å². The van der Waals surface area contributed by atoms with Gasteiger partial charge in [0.25, 0.3) is 5.85 Å². The lowest BCUT2D eigenvalue weighted by molar-refractivity contribution is -0.00514. The molecular formula is C13H18N2O2. The van der Waals surface area contributed by atoms with E-state index in [-0.39, 0.29) is 0 Å². The van der Waals surface area contributed by atoms with Gasteiger partial charge in [-0.2, -0.15) is 0 Å². The van der Waals surface area contributed by atoms with Crippen LogP contribution >= 0.6 is 0 Å². The van der Waals surface area contributed by atoms with Gasteiger partial charge in [0, 0.05) is 13.5 Å². The molecule has 4 nitrogen and oxygen atoms in total. The molecule has 1 atom stereocenters. The molecule has 0 N–H and O–H groups in total. The van der Waals surface area contributed by atoms with Gasteiger partial charge < -0.3 is 9.47 Å². The van der Waals surface area contributed by atoms with E-state index < -0.39 is 5.85 Å². The van der Waals surface area contributed by atoms with E-state index in [1.807, 2.05) is 18.2 Å². The van der Waals surface area contributed by atoms with Crippen molar-refractivity contribution in [3.8, 4) is 5.75 Å². The Kier molecular flexibility index (Phi) is 3.43. The number of methoxy groups -OCH3 is 2. The van der Waals surface area contributed by atoms with E-state index in [1.54, 1.807) is 14.2 Å². The van der Waals surface area contributed by atoms with Crippen molar-refractivity contribution < 1.29 is 9.47 Å². The summed E-state index contributed by atoms with van der Waals surface area (Å²) >= 11 is 0. The number of ether oxygens (including phenoxy) is 2. The minimum absolute atomic E-state index is 0.743. The maximum Gasteiger partial charge on any atom is 0.257 e. The topological polar surface area (TPSA) is 43.2 Å². The molecule has 0 fully saturated rings. The van der Waals surface area contributed by atoms with Gasteiger partial charge in [-0.3, -0.25) is 0 Å². The molecule has 1 aromatic carbocycles. The Bertz CT molecular complexity index is 513. The van der Waals surface area contributed by atoms with E-state index >= 15 is 0 Å². The summed E-state index contributed by atoms with van der Waals surface area (Å²) in [5.41, 5.74) is 0. The van der Waals surface area contributed by atoms with E-state index in [9.17, 15) is 0 Å². The van der Waals surface area contributed by atoms with Crippen LogP contribution in [0.1, 0.15) is 26.2 Å². The Balaban J connectivity index is 2.46. The van der Waals surface area contributed by atoms with E-state index in [2.05, 4.69) is 16.9 Å². The number of hydrogen-bond donors (Lipinski definition) is 0. The third kappa shape index (κ3) is 2.17. The average Bonchev–Trinajstić information content (AvgIpc) is 2.75. The minimum Gasteiger partial charge on any atom is -0.494 e. The highest BCUT2D eigenvalue weighted by Crippen LogP contribution is 2.23. The van der Waals surface area contributed by atoms with Gasteiger partial charge in [-0.15, -0.1) is 0 Å². The molecule has 1 aromatic rings. The van der Waals surface area contributed by atoms with Crippen LogP contribution in [0, 0.1) is 0 Å². The van der Waals surface area contributed by atoms with Crippen LogP contribution < -0.4 is 15.5 Å². The number of hydrogen-bond acceptors (Lipinski definition) is 4. The van der Waals surface area contributed by atoms with Gasteiger partial charge in [0.05, 0.1) is 12.5 Å². The molecule has 0 bridgehead atoms. The normalized spacial score (nSPS) is 21.6. The summed E-state index contributed by atoms with van der Waals surface area (Å²) in [6.07, 6.45) is 2.94. The number of unbranched alkanes of at least 4 members (excludes halogenated alkanes) is 1. The molecule has 92 valence electrons. The zero-order valence-corrected chi connectivity index (χ0v) is 10.6. The maximum absolute atomic E-state index is 5.49. The highest BCUT2D eigenvalue weighted by molar-refractivity contribution is 5.22. The van der Waals surface area contributed by atoms with Crippen LogP contribution in [0.15, 0.2) is 28.2 Å². The predicted octanol–water partition coefficient (Wildman–Crippen LogP) is 1.44. The van der Waals surface area contributed by atoms with Crippen LogP contribution in [-0.2, 0) is 4.74 Å². The van der Waals surface area contributed by atoms with Gasteiger partial charge in [-0.1, -0.05) is 19.4 Å². The van der Waals surface area contributed by atoms with Crippen molar-refractivity contribution in [3.05, 3.63) is 28.9 Å². The number of benzene rings is 1. The summed E-state index contributed by atoms with van der Waals surface area (Å²) in [5, 5.41) is 1.65. The summed E-state index contributed by atoms with van der Waals surface area (Å²) in [6, 6.07) is 5.75. The first-order valence-electron chi connectivity index (χ1n) is 5.92. The predicted molar refractivity (Wildman–Crippen MR) is 64.6 cm³/mol. The molecule has 0 saturated carbocycles. The van der Waals surface area contributed by atoms with Gasteiger partial charge in [-0.25, -0.2) is 9.98 Å². The lowest BCUT2D eigenvalue weighted by Crippen LogP contribution is -2.25. The van der Waals surface area contributed by atoms with Gasteiger partial charge in [-0.05, 0) is 18.6 Å². The minimum atomic E-state index is -0.743. The molecule has 1 unspecified atom stereocenters. The molecule has 4 heteroatoms. The van der Waals surface area contributed by atoms with Crippen LogP contribution in [0.3, 0.4) is 0 Å². The Morgan fingerprint density at radius 2 is 2.06 bits per heavy atom. The molecule has 1 aliphatic heterocycles. The van der Waals surface area contributed by atoms with Gasteiger partial charge >= 0.3 is 0 Å². The van der Waals surface area contributed by atoms with Crippen LogP contribution in [0.4, 0.5) is 0 Å². The molecule has 0 aromatic heterocycles. The van der Waals surface area contributed by atoms with Gasteiger partial charge in [0.1, 0.15) is 11.1 Å². The van der Waals surface area contributed by atoms with Crippen molar-refractivity contribution in [1.82, 2.24) is 0 Å². The third-order valence-corrected chi connectivity index (χ3v) is 2.96. The molecule has 17 heavy (non-hydrogen) atoms. The molecule has 0 saturated heterocycles. The standard InChI is InChI=1S/C13H18N2O2/c1-4-5-9-13(17-3)14-10-7-6-8-11(16-2)12(10)15-13/h6-8H,4-5,9H2,1-3H3. The first kappa shape index (κ1) is 12.0. The largest absolute Gasteiger partial charge is 0.494 e. The summed E-state index contributed by atoms with van der Waals surface area (Å²) < 4.78 is 10.8. The fourth-order valence-electron chi connectivity index (χ4n) is 1.98. The second-order valence-corrected chi connectivity index (χ2v) is 4.10. The summed E-state index contributed by atoms with van der Waals surface area (Å²) in [4.78, 5) is 9.17. The summed E-state index contributed by atoms with van der Waals surface area (Å²) in [7, 11) is 3.30. The van der Waals surface area contributed by atoms with Crippen molar-refractivity contribution in [2.75, 3.05) is 14.2 Å². The lowest BCUT2D eigenvalue weighted by Gasteiger charge is -2.20. The number of fused-ring (bicyclic) bond motifs is 1. The Hall–Kier alpha value is -1.42. The van der Waals surface area contributed by atoms with E-state index in [0.717, 1.165) is 35.7 Å². The first-order valence-corrected chi connectivity index (χ1v) is 5.92. The van der Waals surface area contributed by atoms with Crippen molar-refractivity contribution in [2.24, 2.45) is 9.98 Å². The Labute approximate surface area is 101 Å². The smallest absolute Gasteiger partial charge is 0.257 e. The highest BCUT2D eigenvalue weighted by atomic mass is 16.5. The lowest BCUT2D eigenvalue weighted by atomic mass is 10.2. The second kappa shape index (κ2) is 4.84. The molecule has 2 rings (SSSR count). The molecule has 1 heterocycles. The van der Waals surface area contributed by atoms with Gasteiger partial charge in [0.2, 0.25) is 0 Å². The highest BCUT2D eigenvalue weighted by Gasteiger charge is 2.31. The Morgan fingerprint density at radius 3 is 2.71 bits per heavy atom.